The van der Waals surface area contributed by atoms with Crippen LogP contribution < -0.4 is 5.32 Å². The highest BCUT2D eigenvalue weighted by Gasteiger charge is 2.25. The summed E-state index contributed by atoms with van der Waals surface area (Å²) in [6.45, 7) is 7.64. The molecule has 0 aromatic rings. The highest BCUT2D eigenvalue weighted by Crippen LogP contribution is 2.17. The number of hydrogen-bond donors (Lipinski definition) is 1. The van der Waals surface area contributed by atoms with Crippen LogP contribution in [0, 0.1) is 5.41 Å². The lowest BCUT2D eigenvalue weighted by molar-refractivity contribution is -0.111. The zero-order chi connectivity index (χ0) is 10.5. The summed E-state index contributed by atoms with van der Waals surface area (Å²) in [5.41, 5.74) is -0.283. The summed E-state index contributed by atoms with van der Waals surface area (Å²) in [4.78, 5) is 21.6. The van der Waals surface area contributed by atoms with E-state index in [1.807, 2.05) is 20.8 Å². The number of nitrogens with one attached hydrogen (secondary N) is 1. The Kier molecular flexibility index (Phi) is 4.45. The maximum Gasteiger partial charge on any atom is 0.407 e. The van der Waals surface area contributed by atoms with Crippen molar-refractivity contribution in [3.63, 3.8) is 0 Å². The van der Waals surface area contributed by atoms with Crippen LogP contribution in [-0.4, -0.2) is 25.0 Å². The largest absolute Gasteiger partial charge is 0.450 e. The van der Waals surface area contributed by atoms with Crippen molar-refractivity contribution in [2.75, 3.05) is 6.61 Å². The molecule has 1 atom stereocenters. The van der Waals surface area contributed by atoms with Gasteiger partial charge in [-0.05, 0) is 12.3 Å². The summed E-state index contributed by atoms with van der Waals surface area (Å²) in [5, 5.41) is 2.48. The lowest BCUT2D eigenvalue weighted by atomic mass is 9.88. The predicted molar refractivity (Wildman–Crippen MR) is 49.5 cm³/mol. The molecule has 0 saturated heterocycles. The summed E-state index contributed by atoms with van der Waals surface area (Å²) in [6.07, 6.45) is 0.172. The van der Waals surface area contributed by atoms with Gasteiger partial charge in [0.05, 0.1) is 12.6 Å². The Morgan fingerprint density at radius 2 is 2.08 bits per heavy atom. The van der Waals surface area contributed by atoms with Crippen molar-refractivity contribution < 1.29 is 14.3 Å². The van der Waals surface area contributed by atoms with Crippen LogP contribution in [0.15, 0.2) is 0 Å². The molecule has 0 heterocycles. The first kappa shape index (κ1) is 11.9. The molecule has 0 bridgehead atoms. The molecule has 0 fully saturated rings. The van der Waals surface area contributed by atoms with E-state index < -0.39 is 12.1 Å². The summed E-state index contributed by atoms with van der Waals surface area (Å²) in [6, 6.07) is -0.508. The maximum atomic E-state index is 11.0. The van der Waals surface area contributed by atoms with Gasteiger partial charge in [0.1, 0.15) is 6.29 Å². The Morgan fingerprint density at radius 1 is 1.54 bits per heavy atom. The lowest BCUT2D eigenvalue weighted by Gasteiger charge is -2.26. The zero-order valence-electron chi connectivity index (χ0n) is 8.59. The van der Waals surface area contributed by atoms with E-state index in [0.29, 0.717) is 6.61 Å². The average molecular weight is 187 g/mol. The van der Waals surface area contributed by atoms with Gasteiger partial charge in [0.15, 0.2) is 0 Å². The first-order valence-corrected chi connectivity index (χ1v) is 4.30. The quantitative estimate of drug-likeness (QED) is 0.678. The second-order valence-electron chi connectivity index (χ2n) is 3.84. The standard InChI is InChI=1S/C9H17NO3/c1-5-13-8(12)10-7(6-11)9(2,3)4/h6-7H,5H2,1-4H3,(H,10,12)/t7-/m1/s1. The molecule has 0 aliphatic carbocycles. The van der Waals surface area contributed by atoms with Gasteiger partial charge in [-0.2, -0.15) is 0 Å². The van der Waals surface area contributed by atoms with Gasteiger partial charge < -0.3 is 14.8 Å². The fourth-order valence-electron chi connectivity index (χ4n) is 0.754. The van der Waals surface area contributed by atoms with Crippen molar-refractivity contribution in [1.82, 2.24) is 5.32 Å². The number of ether oxygens (including phenoxy) is 1. The van der Waals surface area contributed by atoms with Crippen molar-refractivity contribution >= 4 is 12.4 Å². The first-order valence-electron chi connectivity index (χ1n) is 4.30. The molecule has 13 heavy (non-hydrogen) atoms. The molecule has 0 aromatic heterocycles. The summed E-state index contributed by atoms with van der Waals surface area (Å²) >= 11 is 0. The Morgan fingerprint density at radius 3 is 2.38 bits per heavy atom. The third-order valence-corrected chi connectivity index (χ3v) is 1.62. The summed E-state index contributed by atoms with van der Waals surface area (Å²) in [5.74, 6) is 0. The summed E-state index contributed by atoms with van der Waals surface area (Å²) < 4.78 is 4.66. The van der Waals surface area contributed by atoms with Crippen molar-refractivity contribution in [3.05, 3.63) is 0 Å². The molecule has 4 nitrogen and oxygen atoms in total. The van der Waals surface area contributed by atoms with E-state index in [-0.39, 0.29) is 5.41 Å². The molecule has 1 amide bonds. The van der Waals surface area contributed by atoms with Crippen LogP contribution in [0.5, 0.6) is 0 Å². The Labute approximate surface area is 78.6 Å². The van der Waals surface area contributed by atoms with Gasteiger partial charge in [-0.25, -0.2) is 4.79 Å². The van der Waals surface area contributed by atoms with Gasteiger partial charge in [-0.3, -0.25) is 0 Å². The molecule has 0 rings (SSSR count). The minimum absolute atomic E-state index is 0.283. The SMILES string of the molecule is CCOC(=O)N[C@H](C=O)C(C)(C)C. The number of alkyl carbamates (subject to hydrolysis) is 1. The van der Waals surface area contributed by atoms with Crippen molar-refractivity contribution in [2.24, 2.45) is 5.41 Å². The van der Waals surface area contributed by atoms with E-state index in [1.165, 1.54) is 0 Å². The monoisotopic (exact) mass is 187 g/mol. The molecule has 1 N–H and O–H groups in total. The average Bonchev–Trinajstić information content (AvgIpc) is 1.98. The van der Waals surface area contributed by atoms with E-state index in [1.54, 1.807) is 6.92 Å². The normalized spacial score (nSPS) is 13.2. The first-order chi connectivity index (χ1) is 5.91. The Bertz CT molecular complexity index is 184. The third-order valence-electron chi connectivity index (χ3n) is 1.62. The van der Waals surface area contributed by atoms with Gasteiger partial charge in [0.2, 0.25) is 0 Å². The van der Waals surface area contributed by atoms with E-state index in [9.17, 15) is 9.59 Å². The van der Waals surface area contributed by atoms with Crippen LogP contribution in [0.4, 0.5) is 4.79 Å². The van der Waals surface area contributed by atoms with Crippen LogP contribution in [0.3, 0.4) is 0 Å². The fraction of sp³-hybridized carbons (Fsp3) is 0.778. The Balaban J connectivity index is 4.14. The van der Waals surface area contributed by atoms with E-state index in [2.05, 4.69) is 10.1 Å². The smallest absolute Gasteiger partial charge is 0.407 e. The molecule has 0 aliphatic rings. The molecule has 76 valence electrons. The molecule has 0 unspecified atom stereocenters. The molecule has 0 radical (unpaired) electrons. The van der Waals surface area contributed by atoms with Crippen LogP contribution in [0.1, 0.15) is 27.7 Å². The van der Waals surface area contributed by atoms with Gasteiger partial charge in [0.25, 0.3) is 0 Å². The Hall–Kier alpha value is -1.06. The number of carbonyl (C=O) groups is 2. The highest BCUT2D eigenvalue weighted by atomic mass is 16.5. The van der Waals surface area contributed by atoms with Crippen LogP contribution >= 0.6 is 0 Å². The number of amides is 1. The molecule has 0 spiro atoms. The molecular formula is C9H17NO3. The van der Waals surface area contributed by atoms with Crippen LogP contribution in [-0.2, 0) is 9.53 Å². The third kappa shape index (κ3) is 4.50. The fourth-order valence-corrected chi connectivity index (χ4v) is 0.754. The van der Waals surface area contributed by atoms with E-state index in [4.69, 9.17) is 0 Å². The van der Waals surface area contributed by atoms with Gasteiger partial charge >= 0.3 is 6.09 Å². The predicted octanol–water partition coefficient (Wildman–Crippen LogP) is 1.35. The van der Waals surface area contributed by atoms with Gasteiger partial charge in [-0.15, -0.1) is 0 Å². The zero-order valence-corrected chi connectivity index (χ0v) is 8.59. The van der Waals surface area contributed by atoms with E-state index in [0.717, 1.165) is 6.29 Å². The lowest BCUT2D eigenvalue weighted by Crippen LogP contribution is -2.45. The van der Waals surface area contributed by atoms with Gasteiger partial charge in [-0.1, -0.05) is 20.8 Å². The topological polar surface area (TPSA) is 55.4 Å². The molecule has 0 aromatic carbocycles. The molecule has 4 heteroatoms. The van der Waals surface area contributed by atoms with Crippen LogP contribution in [0.2, 0.25) is 0 Å². The summed E-state index contributed by atoms with van der Waals surface area (Å²) in [7, 11) is 0. The minimum atomic E-state index is -0.547. The van der Waals surface area contributed by atoms with E-state index >= 15 is 0 Å². The number of rotatable bonds is 3. The van der Waals surface area contributed by atoms with Gasteiger partial charge in [0, 0.05) is 0 Å². The molecule has 0 saturated carbocycles. The second kappa shape index (κ2) is 4.84. The molecular weight excluding hydrogens is 170 g/mol. The van der Waals surface area contributed by atoms with Crippen molar-refractivity contribution in [3.8, 4) is 0 Å². The van der Waals surface area contributed by atoms with Crippen molar-refractivity contribution in [2.45, 2.75) is 33.7 Å². The van der Waals surface area contributed by atoms with Crippen LogP contribution in [0.25, 0.3) is 0 Å². The molecule has 0 aliphatic heterocycles. The highest BCUT2D eigenvalue weighted by molar-refractivity contribution is 5.73. The van der Waals surface area contributed by atoms with Crippen molar-refractivity contribution in [1.29, 1.82) is 0 Å². The maximum absolute atomic E-state index is 11.0. The number of hydrogen-bond acceptors (Lipinski definition) is 3. The minimum Gasteiger partial charge on any atom is -0.450 e. The number of carbonyl (C=O) groups excluding carboxylic acids is 2. The number of aldehydes is 1. The second-order valence-corrected chi connectivity index (χ2v) is 3.84.